The summed E-state index contributed by atoms with van der Waals surface area (Å²) >= 11 is 12.0. The highest BCUT2D eigenvalue weighted by Crippen LogP contribution is 2.17. The van der Waals surface area contributed by atoms with Gasteiger partial charge in [-0.25, -0.2) is 0 Å². The minimum absolute atomic E-state index is 0.443. The van der Waals surface area contributed by atoms with E-state index in [2.05, 4.69) is 0 Å². The Morgan fingerprint density at radius 1 is 1.82 bits per heavy atom. The number of carboxylic acids is 1. The van der Waals surface area contributed by atoms with Gasteiger partial charge in [-0.1, -0.05) is 23.2 Å². The van der Waals surface area contributed by atoms with Crippen molar-refractivity contribution in [1.29, 1.82) is 0 Å². The van der Waals surface area contributed by atoms with Gasteiger partial charge in [-0.05, 0) is 6.92 Å². The van der Waals surface area contributed by atoms with Crippen molar-refractivity contribution in [3.05, 3.63) is 10.6 Å². The van der Waals surface area contributed by atoms with E-state index in [0.717, 1.165) is 0 Å². The predicted octanol–water partition coefficient (Wildman–Crippen LogP) is 2.51. The Kier molecular flexibility index (Phi) is 5.82. The molecular formula is C6H8Cl2O2S. The second-order valence-corrected chi connectivity index (χ2v) is 3.88. The van der Waals surface area contributed by atoms with Crippen LogP contribution in [0.5, 0.6) is 0 Å². The molecule has 0 amide bonds. The minimum Gasteiger partial charge on any atom is -0.480 e. The summed E-state index contributed by atoms with van der Waals surface area (Å²) in [5, 5.41) is 8.47. The summed E-state index contributed by atoms with van der Waals surface area (Å²) in [5.41, 5.74) is 1.24. The van der Waals surface area contributed by atoms with Crippen molar-refractivity contribution >= 4 is 40.9 Å². The lowest BCUT2D eigenvalue weighted by Crippen LogP contribution is -2.11. The number of carbonyl (C=O) groups is 1. The third-order valence-corrected chi connectivity index (χ3v) is 2.89. The van der Waals surface area contributed by atoms with Crippen LogP contribution in [0.2, 0.25) is 0 Å². The van der Waals surface area contributed by atoms with E-state index >= 15 is 0 Å². The lowest BCUT2D eigenvalue weighted by molar-refractivity contribution is -0.136. The molecule has 0 aromatic rings. The molecule has 1 atom stereocenters. The van der Waals surface area contributed by atoms with E-state index in [1.807, 2.05) is 0 Å². The topological polar surface area (TPSA) is 37.3 Å². The lowest BCUT2D eigenvalue weighted by Gasteiger charge is -2.03. The lowest BCUT2D eigenvalue weighted by atomic mass is 10.5. The van der Waals surface area contributed by atoms with Crippen LogP contribution < -0.4 is 0 Å². The first-order valence-electron chi connectivity index (χ1n) is 2.87. The Balaban J connectivity index is 3.62. The minimum atomic E-state index is -0.839. The summed E-state index contributed by atoms with van der Waals surface area (Å²) in [6.45, 7) is 1.60. The molecule has 64 valence electrons. The van der Waals surface area contributed by atoms with Crippen molar-refractivity contribution in [3.63, 3.8) is 0 Å². The van der Waals surface area contributed by atoms with Crippen molar-refractivity contribution in [2.45, 2.75) is 12.2 Å². The van der Waals surface area contributed by atoms with Gasteiger partial charge in [-0.3, -0.25) is 4.79 Å². The van der Waals surface area contributed by atoms with Crippen LogP contribution in [0.1, 0.15) is 6.92 Å². The van der Waals surface area contributed by atoms with Gasteiger partial charge >= 0.3 is 5.97 Å². The first-order valence-corrected chi connectivity index (χ1v) is 4.73. The van der Waals surface area contributed by atoms with E-state index in [4.69, 9.17) is 28.3 Å². The van der Waals surface area contributed by atoms with Crippen LogP contribution in [-0.4, -0.2) is 22.1 Å². The highest BCUT2D eigenvalue weighted by Gasteiger charge is 2.10. The summed E-state index contributed by atoms with van der Waals surface area (Å²) in [6, 6.07) is 0. The molecule has 0 saturated carbocycles. The van der Waals surface area contributed by atoms with Crippen molar-refractivity contribution in [2.75, 3.05) is 5.75 Å². The standard InChI is InChI=1S/C6H8Cl2O2S/c1-4(6(9)10)11-3-5(8)2-7/h2,4H,3H2,1H3,(H,9,10)/b5-2-. The monoisotopic (exact) mass is 214 g/mol. The molecule has 0 spiro atoms. The molecule has 0 bridgehead atoms. The smallest absolute Gasteiger partial charge is 0.316 e. The molecule has 0 fully saturated rings. The van der Waals surface area contributed by atoms with Crippen molar-refractivity contribution < 1.29 is 9.90 Å². The normalized spacial score (nSPS) is 14.6. The van der Waals surface area contributed by atoms with Crippen molar-refractivity contribution in [2.24, 2.45) is 0 Å². The summed E-state index contributed by atoms with van der Waals surface area (Å²) in [5.74, 6) is -0.396. The molecule has 11 heavy (non-hydrogen) atoms. The summed E-state index contributed by atoms with van der Waals surface area (Å²) in [7, 11) is 0. The average molecular weight is 215 g/mol. The summed E-state index contributed by atoms with van der Waals surface area (Å²) in [4.78, 5) is 10.3. The fourth-order valence-electron chi connectivity index (χ4n) is 0.307. The van der Waals surface area contributed by atoms with Gasteiger partial charge in [0, 0.05) is 16.3 Å². The highest BCUT2D eigenvalue weighted by molar-refractivity contribution is 8.00. The molecule has 0 aromatic carbocycles. The zero-order valence-corrected chi connectivity index (χ0v) is 8.21. The molecule has 1 N–H and O–H groups in total. The molecule has 0 heterocycles. The second kappa shape index (κ2) is 5.75. The highest BCUT2D eigenvalue weighted by atomic mass is 35.5. The number of thioether (sulfide) groups is 1. The first kappa shape index (κ1) is 11.1. The molecule has 0 radical (unpaired) electrons. The maximum atomic E-state index is 10.3. The molecule has 0 rings (SSSR count). The molecule has 0 saturated heterocycles. The first-order chi connectivity index (χ1) is 5.07. The fourth-order valence-corrected chi connectivity index (χ4v) is 1.30. The van der Waals surface area contributed by atoms with Crippen LogP contribution >= 0.6 is 35.0 Å². The Bertz CT molecular complexity index is 170. The van der Waals surface area contributed by atoms with Gasteiger partial charge in [0.15, 0.2) is 0 Å². The van der Waals surface area contributed by atoms with E-state index in [-0.39, 0.29) is 0 Å². The van der Waals surface area contributed by atoms with Gasteiger partial charge in [0.2, 0.25) is 0 Å². The Labute approximate surface area is 79.6 Å². The third kappa shape index (κ3) is 5.41. The number of hydrogen-bond acceptors (Lipinski definition) is 2. The molecule has 1 unspecified atom stereocenters. The van der Waals surface area contributed by atoms with Crippen LogP contribution in [0.4, 0.5) is 0 Å². The quantitative estimate of drug-likeness (QED) is 0.782. The second-order valence-electron chi connectivity index (χ2n) is 1.85. The summed E-state index contributed by atoms with van der Waals surface area (Å²) in [6.07, 6.45) is 0. The van der Waals surface area contributed by atoms with Crippen LogP contribution in [0, 0.1) is 0 Å². The zero-order chi connectivity index (χ0) is 8.85. The number of aliphatic carboxylic acids is 1. The van der Waals surface area contributed by atoms with Gasteiger partial charge < -0.3 is 5.11 Å². The van der Waals surface area contributed by atoms with Gasteiger partial charge in [-0.2, -0.15) is 0 Å². The maximum absolute atomic E-state index is 10.3. The molecule has 0 aromatic heterocycles. The molecule has 0 aliphatic carbocycles. The van der Waals surface area contributed by atoms with Gasteiger partial charge in [0.1, 0.15) is 0 Å². The molecule has 0 aliphatic heterocycles. The fraction of sp³-hybridized carbons (Fsp3) is 0.500. The number of halogens is 2. The average Bonchev–Trinajstić information content (AvgIpc) is 1.99. The van der Waals surface area contributed by atoms with Crippen molar-refractivity contribution in [3.8, 4) is 0 Å². The third-order valence-electron chi connectivity index (χ3n) is 0.937. The largest absolute Gasteiger partial charge is 0.480 e. The van der Waals surface area contributed by atoms with Crippen LogP contribution in [0.15, 0.2) is 10.6 Å². The van der Waals surface area contributed by atoms with E-state index < -0.39 is 11.2 Å². The van der Waals surface area contributed by atoms with Crippen molar-refractivity contribution in [1.82, 2.24) is 0 Å². The predicted molar refractivity (Wildman–Crippen MR) is 49.3 cm³/mol. The van der Waals surface area contributed by atoms with E-state index in [1.54, 1.807) is 6.92 Å². The Hall–Kier alpha value is 0.140. The van der Waals surface area contributed by atoms with Gasteiger partial charge in [0.25, 0.3) is 0 Å². The SMILES string of the molecule is CC(SC/C(Cl)=C/Cl)C(=O)O. The van der Waals surface area contributed by atoms with Crippen LogP contribution in [-0.2, 0) is 4.79 Å². The molecule has 0 aliphatic rings. The Morgan fingerprint density at radius 2 is 2.36 bits per heavy atom. The van der Waals surface area contributed by atoms with E-state index in [9.17, 15) is 4.79 Å². The number of rotatable bonds is 4. The molecule has 2 nitrogen and oxygen atoms in total. The van der Waals surface area contributed by atoms with Gasteiger partial charge in [-0.15, -0.1) is 11.8 Å². The maximum Gasteiger partial charge on any atom is 0.316 e. The number of carboxylic acid groups (broad SMARTS) is 1. The zero-order valence-electron chi connectivity index (χ0n) is 5.88. The Morgan fingerprint density at radius 3 is 2.73 bits per heavy atom. The summed E-state index contributed by atoms with van der Waals surface area (Å²) < 4.78 is 0. The number of hydrogen-bond donors (Lipinski definition) is 1. The van der Waals surface area contributed by atoms with Gasteiger partial charge in [0.05, 0.1) is 5.25 Å². The van der Waals surface area contributed by atoms with E-state index in [1.165, 1.54) is 17.3 Å². The molecular weight excluding hydrogens is 207 g/mol. The van der Waals surface area contributed by atoms with E-state index in [0.29, 0.717) is 10.8 Å². The van der Waals surface area contributed by atoms with Crippen LogP contribution in [0.25, 0.3) is 0 Å². The van der Waals surface area contributed by atoms with Crippen LogP contribution in [0.3, 0.4) is 0 Å². The molecule has 5 heteroatoms.